The predicted octanol–water partition coefficient (Wildman–Crippen LogP) is 6.34. The number of nitrogens with one attached hydrogen (secondary N) is 2. The second kappa shape index (κ2) is 13.3. The highest BCUT2D eigenvalue weighted by Crippen LogP contribution is 2.39. The average Bonchev–Trinajstić information content (AvgIpc) is 3.50. The highest BCUT2D eigenvalue weighted by molar-refractivity contribution is 6.35. The first kappa shape index (κ1) is 30.7. The van der Waals surface area contributed by atoms with Crippen molar-refractivity contribution in [3.05, 3.63) is 89.2 Å². The molecule has 1 saturated heterocycles. The molecule has 6 rings (SSSR count). The Bertz CT molecular complexity index is 1880. The zero-order valence-corrected chi connectivity index (χ0v) is 26.0. The first-order valence-electron chi connectivity index (χ1n) is 14.7. The number of anilines is 2. The first-order valence-corrected chi connectivity index (χ1v) is 15.1. The fourth-order valence-electron chi connectivity index (χ4n) is 5.64. The Balaban J connectivity index is 1.40. The lowest BCUT2D eigenvalue weighted by Crippen LogP contribution is -2.40. The van der Waals surface area contributed by atoms with E-state index in [0.29, 0.717) is 69.8 Å². The summed E-state index contributed by atoms with van der Waals surface area (Å²) in [6.45, 7) is 1.12. The van der Waals surface area contributed by atoms with E-state index in [1.165, 1.54) is 4.90 Å². The van der Waals surface area contributed by atoms with Crippen LogP contribution in [0.5, 0.6) is 11.5 Å². The number of hydrogen-bond acceptors (Lipinski definition) is 8. The number of fused-ring (bicyclic) bond motifs is 1. The number of carbonyl (C=O) groups is 2. The molecule has 0 bridgehead atoms. The Labute approximate surface area is 269 Å². The summed E-state index contributed by atoms with van der Waals surface area (Å²) in [7, 11) is 3.20. The Hall–Kier alpha value is -5.36. The largest absolute Gasteiger partial charge is 0.497 e. The summed E-state index contributed by atoms with van der Waals surface area (Å²) in [5.74, 6) is 2.03. The molecule has 1 aliphatic rings. The number of benzene rings is 2. The topological polar surface area (TPSA) is 144 Å². The molecule has 1 aliphatic heterocycles. The van der Waals surface area contributed by atoms with Crippen molar-refractivity contribution in [2.24, 2.45) is 0 Å². The molecule has 5 aromatic rings. The summed E-state index contributed by atoms with van der Waals surface area (Å²) >= 11 is 6.82. The van der Waals surface area contributed by atoms with Gasteiger partial charge >= 0.3 is 6.09 Å². The third-order valence-electron chi connectivity index (χ3n) is 7.96. The van der Waals surface area contributed by atoms with Crippen LogP contribution in [-0.2, 0) is 6.54 Å². The second-order valence-electron chi connectivity index (χ2n) is 10.8. The summed E-state index contributed by atoms with van der Waals surface area (Å²) in [6, 6.07) is 17.7. The molecule has 1 atom stereocenters. The quantitative estimate of drug-likeness (QED) is 0.168. The van der Waals surface area contributed by atoms with E-state index in [9.17, 15) is 14.7 Å². The number of methoxy groups -OCH3 is 2. The number of aromatic nitrogens is 4. The van der Waals surface area contributed by atoms with E-state index in [4.69, 9.17) is 26.2 Å². The monoisotopic (exact) mass is 641 g/mol. The van der Waals surface area contributed by atoms with Gasteiger partial charge in [-0.25, -0.2) is 14.8 Å². The number of pyridine rings is 2. The third kappa shape index (κ3) is 6.24. The van der Waals surface area contributed by atoms with E-state index < -0.39 is 6.09 Å². The van der Waals surface area contributed by atoms with Gasteiger partial charge in [0, 0.05) is 48.6 Å². The Morgan fingerprint density at radius 2 is 1.89 bits per heavy atom. The highest BCUT2D eigenvalue weighted by atomic mass is 35.5. The number of carbonyl (C=O) groups excluding carboxylic acids is 1. The molecular formula is C33H32ClN7O5. The number of ether oxygens (including phenoxy) is 2. The Morgan fingerprint density at radius 1 is 1.07 bits per heavy atom. The van der Waals surface area contributed by atoms with Crippen molar-refractivity contribution in [1.82, 2.24) is 24.6 Å². The van der Waals surface area contributed by atoms with Crippen molar-refractivity contribution in [2.45, 2.75) is 25.4 Å². The number of likely N-dealkylation sites (tertiary alicyclic amines) is 1. The molecule has 0 aliphatic carbocycles. The second-order valence-corrected chi connectivity index (χ2v) is 11.2. The van der Waals surface area contributed by atoms with E-state index in [0.717, 1.165) is 17.5 Å². The van der Waals surface area contributed by atoms with Crippen LogP contribution in [0.2, 0.25) is 5.02 Å². The Kier molecular flexibility index (Phi) is 8.88. The maximum absolute atomic E-state index is 12.9. The number of nitrogens with zero attached hydrogens (tertiary/aromatic N) is 5. The minimum Gasteiger partial charge on any atom is -0.497 e. The molecule has 3 aromatic heterocycles. The zero-order chi connectivity index (χ0) is 32.2. The van der Waals surface area contributed by atoms with Gasteiger partial charge in [0.15, 0.2) is 0 Å². The van der Waals surface area contributed by atoms with Crippen LogP contribution in [0.1, 0.15) is 34.8 Å². The van der Waals surface area contributed by atoms with Crippen molar-refractivity contribution in [1.29, 1.82) is 0 Å². The smallest absolute Gasteiger partial charge is 0.407 e. The molecule has 0 radical (unpaired) electrons. The lowest BCUT2D eigenvalue weighted by Gasteiger charge is -2.31. The van der Waals surface area contributed by atoms with Gasteiger partial charge in [0.1, 0.15) is 28.8 Å². The number of amides is 2. The molecule has 4 heterocycles. The number of rotatable bonds is 9. The fraction of sp³-hybridized carbons (Fsp3) is 0.242. The minimum absolute atomic E-state index is 0.237. The van der Waals surface area contributed by atoms with E-state index in [2.05, 4.69) is 20.6 Å². The Morgan fingerprint density at radius 3 is 2.61 bits per heavy atom. The normalized spacial score (nSPS) is 14.6. The zero-order valence-electron chi connectivity index (χ0n) is 25.2. The SMILES string of the molecule is COc1ccc(CNc2ncc(Cl)c3c2c(-c2ccc(C(=O)Nc4ccccn4)cc2)nn3C2CCCN(C(=O)O)C2)c(OC)c1. The van der Waals surface area contributed by atoms with E-state index in [1.54, 1.807) is 56.9 Å². The van der Waals surface area contributed by atoms with Crippen LogP contribution in [0.25, 0.3) is 22.2 Å². The third-order valence-corrected chi connectivity index (χ3v) is 8.24. The molecule has 2 amide bonds. The lowest BCUT2D eigenvalue weighted by atomic mass is 10.0. The van der Waals surface area contributed by atoms with Gasteiger partial charge in [0.05, 0.1) is 42.4 Å². The van der Waals surface area contributed by atoms with Gasteiger partial charge in [0.2, 0.25) is 0 Å². The number of halogens is 1. The van der Waals surface area contributed by atoms with E-state index in [-0.39, 0.29) is 18.5 Å². The maximum Gasteiger partial charge on any atom is 0.407 e. The summed E-state index contributed by atoms with van der Waals surface area (Å²) in [5.41, 5.74) is 3.31. The van der Waals surface area contributed by atoms with Crippen molar-refractivity contribution >= 4 is 46.1 Å². The number of piperidine rings is 1. The van der Waals surface area contributed by atoms with Crippen molar-refractivity contribution in [3.8, 4) is 22.8 Å². The molecule has 0 spiro atoms. The summed E-state index contributed by atoms with van der Waals surface area (Å²) in [6.07, 6.45) is 3.64. The van der Waals surface area contributed by atoms with Crippen LogP contribution in [0, 0.1) is 0 Å². The van der Waals surface area contributed by atoms with Gasteiger partial charge in [-0.15, -0.1) is 0 Å². The summed E-state index contributed by atoms with van der Waals surface area (Å²) in [4.78, 5) is 35.0. The van der Waals surface area contributed by atoms with Crippen LogP contribution in [0.15, 0.2) is 73.1 Å². The van der Waals surface area contributed by atoms with Crippen LogP contribution < -0.4 is 20.1 Å². The molecular weight excluding hydrogens is 610 g/mol. The van der Waals surface area contributed by atoms with Gasteiger partial charge in [0.25, 0.3) is 5.91 Å². The fourth-order valence-corrected chi connectivity index (χ4v) is 5.87. The molecule has 1 unspecified atom stereocenters. The summed E-state index contributed by atoms with van der Waals surface area (Å²) in [5, 5.41) is 22.0. The molecule has 13 heteroatoms. The van der Waals surface area contributed by atoms with Crippen molar-refractivity contribution in [3.63, 3.8) is 0 Å². The van der Waals surface area contributed by atoms with Gasteiger partial charge in [-0.1, -0.05) is 29.8 Å². The average molecular weight is 642 g/mol. The highest BCUT2D eigenvalue weighted by Gasteiger charge is 2.29. The van der Waals surface area contributed by atoms with Gasteiger partial charge in [-0.2, -0.15) is 5.10 Å². The van der Waals surface area contributed by atoms with Gasteiger partial charge < -0.3 is 30.1 Å². The van der Waals surface area contributed by atoms with Crippen molar-refractivity contribution in [2.75, 3.05) is 37.9 Å². The van der Waals surface area contributed by atoms with Crippen LogP contribution in [-0.4, -0.2) is 69.1 Å². The minimum atomic E-state index is -0.968. The standard InChI is InChI=1S/C33H32ClN7O5/c1-45-24-13-12-22(26(16-24)46-2)17-36-31-28-29(20-8-10-21(11-9-20)32(42)38-27-7-3-4-14-35-27)39-41(30(28)25(34)18-37-31)23-6-5-15-40(19-23)33(43)44/h3-4,7-14,16,18,23H,5-6,15,17,19H2,1-2H3,(H,36,37)(H,43,44)(H,35,38,42). The number of carboxylic acid groups (broad SMARTS) is 1. The van der Waals surface area contributed by atoms with E-state index >= 15 is 0 Å². The van der Waals surface area contributed by atoms with Crippen LogP contribution >= 0.6 is 11.6 Å². The van der Waals surface area contributed by atoms with Crippen molar-refractivity contribution < 1.29 is 24.2 Å². The molecule has 3 N–H and O–H groups in total. The molecule has 46 heavy (non-hydrogen) atoms. The first-order chi connectivity index (χ1) is 22.4. The van der Waals surface area contributed by atoms with Gasteiger partial charge in [-0.05, 0) is 49.2 Å². The molecule has 2 aromatic carbocycles. The van der Waals surface area contributed by atoms with Crippen LogP contribution in [0.3, 0.4) is 0 Å². The molecule has 1 fully saturated rings. The maximum atomic E-state index is 12.9. The predicted molar refractivity (Wildman–Crippen MR) is 175 cm³/mol. The molecule has 0 saturated carbocycles. The molecule has 12 nitrogen and oxygen atoms in total. The number of hydrogen-bond donors (Lipinski definition) is 3. The molecule has 236 valence electrons. The lowest BCUT2D eigenvalue weighted by molar-refractivity contribution is 0.102. The van der Waals surface area contributed by atoms with E-state index in [1.807, 2.05) is 35.0 Å². The summed E-state index contributed by atoms with van der Waals surface area (Å²) < 4.78 is 12.8. The van der Waals surface area contributed by atoms with Crippen LogP contribution in [0.4, 0.5) is 16.4 Å². The van der Waals surface area contributed by atoms with Gasteiger partial charge in [-0.3, -0.25) is 9.48 Å².